The summed E-state index contributed by atoms with van der Waals surface area (Å²) < 4.78 is 0.276. The minimum absolute atomic E-state index is 0.276. The van der Waals surface area contributed by atoms with E-state index in [0.29, 0.717) is 0 Å². The van der Waals surface area contributed by atoms with Crippen molar-refractivity contribution < 1.29 is 9.90 Å². The Morgan fingerprint density at radius 3 is 2.29 bits per heavy atom. The quantitative estimate of drug-likeness (QED) is 0.585. The van der Waals surface area contributed by atoms with Gasteiger partial charge in [-0.2, -0.15) is 0 Å². The highest BCUT2D eigenvalue weighted by Gasteiger charge is 1.96. The Balaban J connectivity index is 3.82. The lowest BCUT2D eigenvalue weighted by molar-refractivity contribution is -0.131. The first kappa shape index (κ1) is 7.42. The third-order valence-corrected chi connectivity index (χ3v) is 2.39. The lowest BCUT2D eigenvalue weighted by atomic mass is 10.7. The van der Waals surface area contributed by atoms with Crippen molar-refractivity contribution in [3.8, 4) is 0 Å². The Kier molecular flexibility index (Phi) is 3.63. The molecule has 1 N–H and O–H groups in total. The van der Waals surface area contributed by atoms with E-state index in [0.717, 1.165) is 0 Å². The lowest BCUT2D eigenvalue weighted by Crippen LogP contribution is -1.90. The summed E-state index contributed by atoms with van der Waals surface area (Å²) in [5.74, 6) is -0.905. The highest BCUT2D eigenvalue weighted by molar-refractivity contribution is 14.1. The van der Waals surface area contributed by atoms with Crippen molar-refractivity contribution in [1.29, 1.82) is 0 Å². The van der Waals surface area contributed by atoms with E-state index in [-0.39, 0.29) is 3.58 Å². The molecule has 0 bridgehead atoms. The van der Waals surface area contributed by atoms with Gasteiger partial charge in [-0.25, -0.2) is 4.79 Å². The molecule has 40 valence electrons. The Morgan fingerprint density at radius 2 is 2.29 bits per heavy atom. The highest BCUT2D eigenvalue weighted by atomic mass is 127. The number of halogens is 2. The van der Waals surface area contributed by atoms with Crippen LogP contribution in [0.3, 0.4) is 0 Å². The third-order valence-electron chi connectivity index (χ3n) is 0.300. The summed E-state index contributed by atoms with van der Waals surface area (Å²) in [6, 6.07) is 0. The van der Waals surface area contributed by atoms with Gasteiger partial charge in [0.1, 0.15) is 3.58 Å². The van der Waals surface area contributed by atoms with Crippen molar-refractivity contribution >= 4 is 44.5 Å². The topological polar surface area (TPSA) is 37.3 Å². The van der Waals surface area contributed by atoms with Crippen LogP contribution in [0.1, 0.15) is 0 Å². The van der Waals surface area contributed by atoms with Crippen molar-refractivity contribution in [3.05, 3.63) is 8.57 Å². The number of hydrogen-bond acceptors (Lipinski definition) is 1. The van der Waals surface area contributed by atoms with Crippen LogP contribution in [0.2, 0.25) is 0 Å². The second-order valence-corrected chi connectivity index (χ2v) is 2.38. The molecule has 0 radical (unpaired) electrons. The third kappa shape index (κ3) is 3.04. The summed E-state index contributed by atoms with van der Waals surface area (Å²) in [6.07, 6.45) is 0. The molecule has 0 saturated heterocycles. The van der Waals surface area contributed by atoms with E-state index in [1.165, 1.54) is 4.99 Å². The summed E-state index contributed by atoms with van der Waals surface area (Å²) in [5.41, 5.74) is 0. The number of hydrogen-bond donors (Lipinski definition) is 1. The smallest absolute Gasteiger partial charge is 0.342 e. The first-order valence-corrected chi connectivity index (χ1v) is 3.37. The minimum Gasteiger partial charge on any atom is -0.477 e. The first-order valence-electron chi connectivity index (χ1n) is 1.37. The molecule has 0 aliphatic rings. The van der Waals surface area contributed by atoms with Crippen LogP contribution in [0.5, 0.6) is 0 Å². The Morgan fingerprint density at radius 1 is 1.86 bits per heavy atom. The van der Waals surface area contributed by atoms with Gasteiger partial charge in [-0.15, -0.1) is 0 Å². The molecule has 0 amide bonds. The van der Waals surface area contributed by atoms with Crippen LogP contribution in [0.4, 0.5) is 0 Å². The average Bonchev–Trinajstić information content (AvgIpc) is 1.65. The van der Waals surface area contributed by atoms with Gasteiger partial charge in [-0.1, -0.05) is 15.9 Å². The van der Waals surface area contributed by atoms with Crippen LogP contribution in [-0.4, -0.2) is 11.1 Å². The molecule has 7 heavy (non-hydrogen) atoms. The SMILES string of the molecule is O=C(O)/C(I)=C\Br. The lowest BCUT2D eigenvalue weighted by Gasteiger charge is -1.80. The number of rotatable bonds is 1. The van der Waals surface area contributed by atoms with Crippen molar-refractivity contribution in [2.75, 3.05) is 0 Å². The number of carboxylic acids is 1. The van der Waals surface area contributed by atoms with E-state index in [4.69, 9.17) is 5.11 Å². The van der Waals surface area contributed by atoms with Gasteiger partial charge in [0.25, 0.3) is 0 Å². The molecule has 0 fully saturated rings. The molecule has 2 nitrogen and oxygen atoms in total. The number of carbonyl (C=O) groups is 1. The Labute approximate surface area is 62.9 Å². The molecule has 4 heteroatoms. The fourth-order valence-electron chi connectivity index (χ4n) is 0.0467. The number of carboxylic acid groups (broad SMARTS) is 1. The summed E-state index contributed by atoms with van der Waals surface area (Å²) in [5, 5.41) is 8.08. The van der Waals surface area contributed by atoms with Gasteiger partial charge in [-0.3, -0.25) is 0 Å². The number of aliphatic carboxylic acids is 1. The van der Waals surface area contributed by atoms with E-state index in [9.17, 15) is 4.79 Å². The van der Waals surface area contributed by atoms with Crippen molar-refractivity contribution in [2.24, 2.45) is 0 Å². The largest absolute Gasteiger partial charge is 0.477 e. The van der Waals surface area contributed by atoms with Gasteiger partial charge in [0.15, 0.2) is 0 Å². The van der Waals surface area contributed by atoms with Gasteiger partial charge in [0, 0.05) is 4.99 Å². The van der Waals surface area contributed by atoms with Crippen LogP contribution in [0.15, 0.2) is 8.57 Å². The van der Waals surface area contributed by atoms with E-state index in [1.54, 1.807) is 22.6 Å². The van der Waals surface area contributed by atoms with Crippen LogP contribution in [0.25, 0.3) is 0 Å². The molecule has 0 aromatic heterocycles. The van der Waals surface area contributed by atoms with Crippen LogP contribution in [0, 0.1) is 0 Å². The van der Waals surface area contributed by atoms with E-state index in [1.807, 2.05) is 0 Å². The molecule has 0 atom stereocenters. The molecule has 0 heterocycles. The molecule has 0 rings (SSSR count). The molecule has 0 aromatic rings. The first-order chi connectivity index (χ1) is 3.18. The van der Waals surface area contributed by atoms with Crippen molar-refractivity contribution in [3.63, 3.8) is 0 Å². The average molecular weight is 277 g/mol. The predicted octanol–water partition coefficient (Wildman–Crippen LogP) is 1.74. The van der Waals surface area contributed by atoms with E-state index >= 15 is 0 Å². The summed E-state index contributed by atoms with van der Waals surface area (Å²) in [4.78, 5) is 11.2. The van der Waals surface area contributed by atoms with Crippen LogP contribution in [-0.2, 0) is 4.79 Å². The fraction of sp³-hybridized carbons (Fsp3) is 0. The molecule has 0 saturated carbocycles. The zero-order valence-electron chi connectivity index (χ0n) is 3.19. The molecular formula is C3H2BrIO2. The van der Waals surface area contributed by atoms with Crippen molar-refractivity contribution in [1.82, 2.24) is 0 Å². The molecule has 0 aromatic carbocycles. The Bertz CT molecular complexity index is 110. The normalized spacial score (nSPS) is 11.4. The maximum absolute atomic E-state index is 9.82. The highest BCUT2D eigenvalue weighted by Crippen LogP contribution is 2.06. The second kappa shape index (κ2) is 3.43. The van der Waals surface area contributed by atoms with Crippen molar-refractivity contribution in [2.45, 2.75) is 0 Å². The Hall–Kier alpha value is 0.420. The predicted molar refractivity (Wildman–Crippen MR) is 38.7 cm³/mol. The second-order valence-electron chi connectivity index (χ2n) is 0.762. The van der Waals surface area contributed by atoms with Gasteiger partial charge in [0.05, 0.1) is 0 Å². The zero-order valence-corrected chi connectivity index (χ0v) is 6.93. The maximum atomic E-state index is 9.82. The fourth-order valence-corrected chi connectivity index (χ4v) is 0.243. The minimum atomic E-state index is -0.905. The monoisotopic (exact) mass is 276 g/mol. The van der Waals surface area contributed by atoms with E-state index < -0.39 is 5.97 Å². The molecule has 0 spiro atoms. The molecule has 0 aliphatic carbocycles. The van der Waals surface area contributed by atoms with E-state index in [2.05, 4.69) is 15.9 Å². The summed E-state index contributed by atoms with van der Waals surface area (Å²) in [6.45, 7) is 0. The summed E-state index contributed by atoms with van der Waals surface area (Å²) in [7, 11) is 0. The van der Waals surface area contributed by atoms with Gasteiger partial charge in [0.2, 0.25) is 0 Å². The van der Waals surface area contributed by atoms with Gasteiger partial charge < -0.3 is 5.11 Å². The van der Waals surface area contributed by atoms with Crippen LogP contribution >= 0.6 is 38.5 Å². The van der Waals surface area contributed by atoms with Gasteiger partial charge >= 0.3 is 5.97 Å². The van der Waals surface area contributed by atoms with Gasteiger partial charge in [-0.05, 0) is 22.6 Å². The standard InChI is InChI=1S/C3H2BrIO2/c4-1-2(5)3(6)7/h1H,(H,6,7)/b2-1+. The maximum Gasteiger partial charge on any atom is 0.342 e. The van der Waals surface area contributed by atoms with Crippen LogP contribution < -0.4 is 0 Å². The molecule has 0 aliphatic heterocycles. The molecule has 0 unspecified atom stereocenters. The molecular weight excluding hydrogens is 275 g/mol. The summed E-state index contributed by atoms with van der Waals surface area (Å²) >= 11 is 4.58. The zero-order chi connectivity index (χ0) is 5.86.